The van der Waals surface area contributed by atoms with Gasteiger partial charge < -0.3 is 0 Å². The Morgan fingerprint density at radius 2 is 1.57 bits per heavy atom. The highest BCUT2D eigenvalue weighted by Gasteiger charge is 1.97. The minimum atomic E-state index is 0.618. The lowest BCUT2D eigenvalue weighted by Gasteiger charge is -2.02. The lowest BCUT2D eigenvalue weighted by atomic mass is 10.1. The number of hydrogen-bond acceptors (Lipinski definition) is 2. The molecule has 0 saturated heterocycles. The Kier molecular flexibility index (Phi) is 4.03. The van der Waals surface area contributed by atoms with Gasteiger partial charge in [-0.2, -0.15) is 5.10 Å². The second-order valence-electron chi connectivity index (χ2n) is 4.67. The van der Waals surface area contributed by atoms with Crippen LogP contribution in [0.3, 0.4) is 0 Å². The van der Waals surface area contributed by atoms with Crippen LogP contribution < -0.4 is 5.43 Å². The zero-order chi connectivity index (χ0) is 14.5. The van der Waals surface area contributed by atoms with Crippen molar-refractivity contribution >= 4 is 34.2 Å². The molecule has 0 amide bonds. The van der Waals surface area contributed by atoms with Crippen LogP contribution in [0.25, 0.3) is 10.8 Å². The Balaban J connectivity index is 1.71. The van der Waals surface area contributed by atoms with Crippen LogP contribution in [-0.4, -0.2) is 11.2 Å². The molecule has 0 saturated carbocycles. The van der Waals surface area contributed by atoms with E-state index in [1.54, 1.807) is 6.21 Å². The van der Waals surface area contributed by atoms with Crippen molar-refractivity contribution in [2.24, 2.45) is 5.10 Å². The number of rotatable bonds is 3. The van der Waals surface area contributed by atoms with E-state index in [1.807, 2.05) is 48.5 Å². The molecule has 0 unspecified atom stereocenters. The Bertz CT molecular complexity index is 794. The Morgan fingerprint density at radius 1 is 0.857 bits per heavy atom. The summed E-state index contributed by atoms with van der Waals surface area (Å²) in [6.45, 7) is 0. The zero-order valence-electron chi connectivity index (χ0n) is 11.4. The first-order valence-corrected chi connectivity index (χ1v) is 7.11. The molecule has 102 valence electrons. The van der Waals surface area contributed by atoms with E-state index in [2.05, 4.69) is 34.8 Å². The molecule has 3 heteroatoms. The molecular weight excluding hydrogens is 276 g/mol. The van der Waals surface area contributed by atoms with Crippen LogP contribution in [0.4, 0.5) is 0 Å². The van der Waals surface area contributed by atoms with Gasteiger partial charge in [0.2, 0.25) is 0 Å². The maximum absolute atomic E-state index is 5.29. The average molecular weight is 290 g/mol. The predicted octanol–water partition coefficient (Wildman–Crippen LogP) is 4.14. The van der Waals surface area contributed by atoms with Crippen LogP contribution in [0.5, 0.6) is 0 Å². The number of nitrogens with one attached hydrogen (secondary N) is 1. The lowest BCUT2D eigenvalue weighted by Crippen LogP contribution is -2.15. The van der Waals surface area contributed by atoms with Crippen molar-refractivity contribution in [1.82, 2.24) is 5.43 Å². The standard InChI is InChI=1S/C18H14N2S/c21-18(16-7-2-1-3-8-16)20-19-13-14-10-11-15-6-4-5-9-17(15)12-14/h1-13H,(H,20,21)/b19-13+. The van der Waals surface area contributed by atoms with Crippen molar-refractivity contribution in [2.45, 2.75) is 0 Å². The second-order valence-corrected chi connectivity index (χ2v) is 5.08. The van der Waals surface area contributed by atoms with Gasteiger partial charge in [0.05, 0.1) is 6.21 Å². The predicted molar refractivity (Wildman–Crippen MR) is 92.8 cm³/mol. The van der Waals surface area contributed by atoms with Crippen LogP contribution >= 0.6 is 12.2 Å². The van der Waals surface area contributed by atoms with Crippen molar-refractivity contribution in [2.75, 3.05) is 0 Å². The van der Waals surface area contributed by atoms with Crippen molar-refractivity contribution in [3.05, 3.63) is 83.9 Å². The Labute approximate surface area is 129 Å². The first-order valence-electron chi connectivity index (χ1n) is 6.70. The molecule has 3 aromatic rings. The van der Waals surface area contributed by atoms with Gasteiger partial charge in [-0.15, -0.1) is 0 Å². The average Bonchev–Trinajstić information content (AvgIpc) is 2.55. The summed E-state index contributed by atoms with van der Waals surface area (Å²) in [6, 6.07) is 24.3. The summed E-state index contributed by atoms with van der Waals surface area (Å²) in [5.41, 5.74) is 4.90. The maximum Gasteiger partial charge on any atom is 0.126 e. The third-order valence-corrected chi connectivity index (χ3v) is 3.52. The molecule has 0 fully saturated rings. The molecule has 0 spiro atoms. The van der Waals surface area contributed by atoms with Crippen molar-refractivity contribution in [3.8, 4) is 0 Å². The highest BCUT2D eigenvalue weighted by Crippen LogP contribution is 2.14. The highest BCUT2D eigenvalue weighted by atomic mass is 32.1. The summed E-state index contributed by atoms with van der Waals surface area (Å²) in [5.74, 6) is 0. The minimum absolute atomic E-state index is 0.618. The number of benzene rings is 3. The molecule has 0 bridgehead atoms. The van der Waals surface area contributed by atoms with Crippen molar-refractivity contribution in [3.63, 3.8) is 0 Å². The lowest BCUT2D eigenvalue weighted by molar-refractivity contribution is 1.06. The molecule has 21 heavy (non-hydrogen) atoms. The van der Waals surface area contributed by atoms with E-state index < -0.39 is 0 Å². The fourth-order valence-corrected chi connectivity index (χ4v) is 2.30. The second kappa shape index (κ2) is 6.29. The van der Waals surface area contributed by atoms with Gasteiger partial charge in [-0.3, -0.25) is 5.43 Å². The topological polar surface area (TPSA) is 24.4 Å². The summed E-state index contributed by atoms with van der Waals surface area (Å²) < 4.78 is 0. The number of thiocarbonyl (C=S) groups is 1. The first-order chi connectivity index (χ1) is 10.3. The SMILES string of the molecule is S=C(N/N=C/c1ccc2ccccc2c1)c1ccccc1. The molecule has 2 nitrogen and oxygen atoms in total. The summed E-state index contributed by atoms with van der Waals surface area (Å²) >= 11 is 5.29. The monoisotopic (exact) mass is 290 g/mol. The largest absolute Gasteiger partial charge is 0.267 e. The van der Waals surface area contributed by atoms with Gasteiger partial charge in [-0.25, -0.2) is 0 Å². The molecule has 0 aliphatic heterocycles. The quantitative estimate of drug-likeness (QED) is 0.445. The molecule has 0 aromatic heterocycles. The van der Waals surface area contributed by atoms with Gasteiger partial charge in [0.1, 0.15) is 4.99 Å². The summed E-state index contributed by atoms with van der Waals surface area (Å²) in [4.78, 5) is 0.618. The van der Waals surface area contributed by atoms with E-state index in [4.69, 9.17) is 12.2 Å². The van der Waals surface area contributed by atoms with Gasteiger partial charge in [-0.05, 0) is 22.4 Å². The van der Waals surface area contributed by atoms with Gasteiger partial charge in [-0.1, -0.05) is 78.9 Å². The highest BCUT2D eigenvalue weighted by molar-refractivity contribution is 7.80. The van der Waals surface area contributed by atoms with Gasteiger partial charge in [0, 0.05) is 5.56 Å². The molecule has 0 heterocycles. The summed E-state index contributed by atoms with van der Waals surface area (Å²) in [5, 5.41) is 6.63. The number of fused-ring (bicyclic) bond motifs is 1. The van der Waals surface area contributed by atoms with Crippen molar-refractivity contribution < 1.29 is 0 Å². The Hall–Kier alpha value is -2.52. The van der Waals surface area contributed by atoms with E-state index in [0.717, 1.165) is 11.1 Å². The molecule has 3 rings (SSSR count). The first kappa shape index (κ1) is 13.5. The third kappa shape index (κ3) is 3.33. The van der Waals surface area contributed by atoms with Crippen molar-refractivity contribution in [1.29, 1.82) is 0 Å². The molecule has 3 aromatic carbocycles. The number of hydrogen-bond donors (Lipinski definition) is 1. The molecule has 0 aliphatic rings. The molecule has 0 aliphatic carbocycles. The normalized spacial score (nSPS) is 10.9. The summed E-state index contributed by atoms with van der Waals surface area (Å²) in [6.07, 6.45) is 1.78. The molecule has 0 atom stereocenters. The fourth-order valence-electron chi connectivity index (χ4n) is 2.11. The molecule has 1 N–H and O–H groups in total. The van der Waals surface area contributed by atoms with E-state index >= 15 is 0 Å². The zero-order valence-corrected chi connectivity index (χ0v) is 12.2. The third-order valence-electron chi connectivity index (χ3n) is 3.19. The fraction of sp³-hybridized carbons (Fsp3) is 0. The number of hydrazone groups is 1. The molecular formula is C18H14N2S. The maximum atomic E-state index is 5.29. The van der Waals surface area contributed by atoms with Crippen LogP contribution in [0, 0.1) is 0 Å². The van der Waals surface area contributed by atoms with E-state index in [1.165, 1.54) is 10.8 Å². The Morgan fingerprint density at radius 3 is 2.38 bits per heavy atom. The van der Waals surface area contributed by atoms with Gasteiger partial charge >= 0.3 is 0 Å². The van der Waals surface area contributed by atoms with Gasteiger partial charge in [0.15, 0.2) is 0 Å². The van der Waals surface area contributed by atoms with Crippen LogP contribution in [-0.2, 0) is 0 Å². The minimum Gasteiger partial charge on any atom is -0.267 e. The van der Waals surface area contributed by atoms with E-state index in [0.29, 0.717) is 4.99 Å². The van der Waals surface area contributed by atoms with E-state index in [-0.39, 0.29) is 0 Å². The van der Waals surface area contributed by atoms with Crippen LogP contribution in [0.1, 0.15) is 11.1 Å². The van der Waals surface area contributed by atoms with Crippen LogP contribution in [0.15, 0.2) is 77.9 Å². The number of nitrogens with zero attached hydrogens (tertiary/aromatic N) is 1. The van der Waals surface area contributed by atoms with Crippen LogP contribution in [0.2, 0.25) is 0 Å². The smallest absolute Gasteiger partial charge is 0.126 e. The molecule has 0 radical (unpaired) electrons. The summed E-state index contributed by atoms with van der Waals surface area (Å²) in [7, 11) is 0. The van der Waals surface area contributed by atoms with E-state index in [9.17, 15) is 0 Å². The van der Waals surface area contributed by atoms with Gasteiger partial charge in [0.25, 0.3) is 0 Å².